The van der Waals surface area contributed by atoms with Crippen LogP contribution in [0.15, 0.2) is 24.3 Å². The number of carbonyl (C=O) groups is 2. The average molecular weight is 291 g/mol. The number of ether oxygens (including phenoxy) is 1. The molecular formula is C13H13N3O5. The van der Waals surface area contributed by atoms with E-state index >= 15 is 0 Å². The fraction of sp³-hybridized carbons (Fsp3) is 0.231. The number of aliphatic carboxylic acids is 1. The first-order chi connectivity index (χ1) is 10.0. The third-order valence-electron chi connectivity index (χ3n) is 2.82. The van der Waals surface area contributed by atoms with Crippen LogP contribution in [0, 0.1) is 0 Å². The molecule has 2 aromatic rings. The second-order valence-electron chi connectivity index (χ2n) is 4.19. The topological polar surface area (TPSA) is 115 Å². The maximum atomic E-state index is 11.2. The van der Waals surface area contributed by atoms with Crippen molar-refractivity contribution in [2.75, 3.05) is 7.11 Å². The van der Waals surface area contributed by atoms with Gasteiger partial charge in [0.2, 0.25) is 0 Å². The van der Waals surface area contributed by atoms with Gasteiger partial charge in [-0.05, 0) is 12.1 Å². The predicted molar refractivity (Wildman–Crippen MR) is 71.2 cm³/mol. The summed E-state index contributed by atoms with van der Waals surface area (Å²) < 4.78 is 6.37. The standard InChI is InChI=1S/C13H13N3O5/c1-21-9-4-2-3-8(7-9)12-11(13(19)20)14-15-16(12)6-5-10(17)18/h2-4,7H,5-6H2,1H3,(H,17,18)(H,19,20). The van der Waals surface area contributed by atoms with Gasteiger partial charge in [-0.1, -0.05) is 17.3 Å². The van der Waals surface area contributed by atoms with Crippen molar-refractivity contribution < 1.29 is 24.5 Å². The van der Waals surface area contributed by atoms with Crippen LogP contribution in [-0.2, 0) is 11.3 Å². The Labute approximate surface area is 119 Å². The molecule has 0 unspecified atom stereocenters. The van der Waals surface area contributed by atoms with E-state index in [1.807, 2.05) is 0 Å². The molecule has 0 amide bonds. The first kappa shape index (κ1) is 14.5. The molecule has 0 atom stereocenters. The van der Waals surface area contributed by atoms with Crippen LogP contribution in [-0.4, -0.2) is 44.3 Å². The SMILES string of the molecule is COc1cccc(-c2c(C(=O)O)nnn2CCC(=O)O)c1. The summed E-state index contributed by atoms with van der Waals surface area (Å²) in [5.41, 5.74) is 0.568. The molecule has 0 aliphatic heterocycles. The first-order valence-corrected chi connectivity index (χ1v) is 6.06. The van der Waals surface area contributed by atoms with Crippen LogP contribution in [0.3, 0.4) is 0 Å². The zero-order chi connectivity index (χ0) is 15.4. The summed E-state index contributed by atoms with van der Waals surface area (Å²) >= 11 is 0. The lowest BCUT2D eigenvalue weighted by Gasteiger charge is -2.07. The van der Waals surface area contributed by atoms with E-state index in [1.165, 1.54) is 11.8 Å². The Morgan fingerprint density at radius 1 is 1.33 bits per heavy atom. The molecular weight excluding hydrogens is 278 g/mol. The second-order valence-corrected chi connectivity index (χ2v) is 4.19. The molecule has 0 spiro atoms. The summed E-state index contributed by atoms with van der Waals surface area (Å²) in [6.07, 6.45) is -0.181. The number of rotatable bonds is 6. The Morgan fingerprint density at radius 3 is 2.71 bits per heavy atom. The molecule has 2 N–H and O–H groups in total. The third-order valence-corrected chi connectivity index (χ3v) is 2.82. The van der Waals surface area contributed by atoms with E-state index in [-0.39, 0.29) is 24.4 Å². The van der Waals surface area contributed by atoms with E-state index in [1.54, 1.807) is 24.3 Å². The number of benzene rings is 1. The van der Waals surface area contributed by atoms with Gasteiger partial charge in [0.15, 0.2) is 5.69 Å². The maximum absolute atomic E-state index is 11.2. The normalized spacial score (nSPS) is 10.3. The zero-order valence-corrected chi connectivity index (χ0v) is 11.2. The van der Waals surface area contributed by atoms with Gasteiger partial charge in [0.1, 0.15) is 11.4 Å². The lowest BCUT2D eigenvalue weighted by Crippen LogP contribution is -2.08. The van der Waals surface area contributed by atoms with E-state index in [4.69, 9.17) is 9.84 Å². The fourth-order valence-electron chi connectivity index (χ4n) is 1.87. The summed E-state index contributed by atoms with van der Waals surface area (Å²) in [6, 6.07) is 6.75. The summed E-state index contributed by atoms with van der Waals surface area (Å²) in [4.78, 5) is 21.9. The molecule has 1 aromatic carbocycles. The van der Waals surface area contributed by atoms with E-state index in [2.05, 4.69) is 10.3 Å². The predicted octanol–water partition coefficient (Wildman–Crippen LogP) is 1.13. The summed E-state index contributed by atoms with van der Waals surface area (Å²) in [5, 5.41) is 25.2. The van der Waals surface area contributed by atoms with Crippen LogP contribution in [0.5, 0.6) is 5.75 Å². The van der Waals surface area contributed by atoms with Crippen molar-refractivity contribution in [2.45, 2.75) is 13.0 Å². The van der Waals surface area contributed by atoms with Crippen molar-refractivity contribution in [3.8, 4) is 17.0 Å². The Morgan fingerprint density at radius 2 is 2.10 bits per heavy atom. The number of aromatic nitrogens is 3. The molecule has 0 saturated carbocycles. The van der Waals surface area contributed by atoms with Gasteiger partial charge in [-0.15, -0.1) is 5.10 Å². The minimum Gasteiger partial charge on any atom is -0.497 e. The molecule has 1 heterocycles. The minimum atomic E-state index is -1.23. The second kappa shape index (κ2) is 6.04. The number of carboxylic acids is 2. The van der Waals surface area contributed by atoms with Crippen molar-refractivity contribution in [3.05, 3.63) is 30.0 Å². The van der Waals surface area contributed by atoms with E-state index in [9.17, 15) is 14.7 Å². The Balaban J connectivity index is 2.49. The highest BCUT2D eigenvalue weighted by atomic mass is 16.5. The number of aromatic carboxylic acids is 1. The number of aryl methyl sites for hydroxylation is 1. The van der Waals surface area contributed by atoms with Gasteiger partial charge in [-0.3, -0.25) is 4.79 Å². The molecule has 0 saturated heterocycles. The quantitative estimate of drug-likeness (QED) is 0.819. The van der Waals surface area contributed by atoms with Gasteiger partial charge in [0.25, 0.3) is 0 Å². The van der Waals surface area contributed by atoms with Crippen molar-refractivity contribution in [2.24, 2.45) is 0 Å². The highest BCUT2D eigenvalue weighted by Gasteiger charge is 2.21. The molecule has 8 nitrogen and oxygen atoms in total. The largest absolute Gasteiger partial charge is 0.497 e. The van der Waals surface area contributed by atoms with Crippen molar-refractivity contribution >= 4 is 11.9 Å². The first-order valence-electron chi connectivity index (χ1n) is 6.06. The maximum Gasteiger partial charge on any atom is 0.358 e. The highest BCUT2D eigenvalue weighted by molar-refractivity contribution is 5.92. The number of nitrogens with zero attached hydrogens (tertiary/aromatic N) is 3. The minimum absolute atomic E-state index is 0.0299. The molecule has 8 heteroatoms. The number of hydrogen-bond donors (Lipinski definition) is 2. The van der Waals surface area contributed by atoms with Gasteiger partial charge in [0, 0.05) is 5.56 Å². The number of hydrogen-bond acceptors (Lipinski definition) is 5. The Hall–Kier alpha value is -2.90. The number of carboxylic acid groups (broad SMARTS) is 2. The van der Waals surface area contributed by atoms with Crippen LogP contribution < -0.4 is 4.74 Å². The molecule has 0 fully saturated rings. The Bertz CT molecular complexity index is 680. The molecule has 0 aliphatic rings. The van der Waals surface area contributed by atoms with Gasteiger partial charge in [-0.2, -0.15) is 0 Å². The van der Waals surface area contributed by atoms with E-state index < -0.39 is 11.9 Å². The van der Waals surface area contributed by atoms with Crippen LogP contribution in [0.25, 0.3) is 11.3 Å². The van der Waals surface area contributed by atoms with Gasteiger partial charge in [0.05, 0.1) is 20.1 Å². The lowest BCUT2D eigenvalue weighted by molar-refractivity contribution is -0.137. The van der Waals surface area contributed by atoms with Gasteiger partial charge in [-0.25, -0.2) is 9.48 Å². The average Bonchev–Trinajstić information content (AvgIpc) is 2.89. The molecule has 0 radical (unpaired) electrons. The van der Waals surface area contributed by atoms with E-state index in [0.717, 1.165) is 0 Å². The lowest BCUT2D eigenvalue weighted by atomic mass is 10.1. The van der Waals surface area contributed by atoms with E-state index in [0.29, 0.717) is 11.3 Å². The smallest absolute Gasteiger partial charge is 0.358 e. The molecule has 0 bridgehead atoms. The molecule has 2 rings (SSSR count). The van der Waals surface area contributed by atoms with Crippen molar-refractivity contribution in [1.29, 1.82) is 0 Å². The number of methoxy groups -OCH3 is 1. The van der Waals surface area contributed by atoms with Crippen LogP contribution in [0.1, 0.15) is 16.9 Å². The van der Waals surface area contributed by atoms with Crippen molar-refractivity contribution in [1.82, 2.24) is 15.0 Å². The Kier molecular flexibility index (Phi) is 4.17. The summed E-state index contributed by atoms with van der Waals surface area (Å²) in [7, 11) is 1.50. The zero-order valence-electron chi connectivity index (χ0n) is 11.2. The van der Waals surface area contributed by atoms with Crippen LogP contribution >= 0.6 is 0 Å². The third kappa shape index (κ3) is 3.16. The van der Waals surface area contributed by atoms with Gasteiger partial charge < -0.3 is 14.9 Å². The van der Waals surface area contributed by atoms with Crippen LogP contribution in [0.2, 0.25) is 0 Å². The highest BCUT2D eigenvalue weighted by Crippen LogP contribution is 2.26. The molecule has 0 aliphatic carbocycles. The fourth-order valence-corrected chi connectivity index (χ4v) is 1.87. The molecule has 110 valence electrons. The molecule has 1 aromatic heterocycles. The van der Waals surface area contributed by atoms with Crippen LogP contribution in [0.4, 0.5) is 0 Å². The monoisotopic (exact) mass is 291 g/mol. The summed E-state index contributed by atoms with van der Waals surface area (Å²) in [5.74, 6) is -1.68. The molecule has 21 heavy (non-hydrogen) atoms. The van der Waals surface area contributed by atoms with Crippen molar-refractivity contribution in [3.63, 3.8) is 0 Å². The van der Waals surface area contributed by atoms with Gasteiger partial charge >= 0.3 is 11.9 Å². The summed E-state index contributed by atoms with van der Waals surface area (Å²) in [6.45, 7) is 0.0299.